The fourth-order valence-electron chi connectivity index (χ4n) is 1.50. The molecule has 0 heterocycles. The Balaban J connectivity index is 0.00000144. The van der Waals surface area contributed by atoms with Gasteiger partial charge in [-0.05, 0) is 0 Å². The molecule has 1 rings (SSSR count). The zero-order chi connectivity index (χ0) is 9.03. The minimum Gasteiger partial charge on any atom is -0.153 e. The molecule has 2 heteroatoms. The van der Waals surface area contributed by atoms with Gasteiger partial charge in [-0.3, -0.25) is 0 Å². The molecule has 0 saturated carbocycles. The molecule has 0 radical (unpaired) electrons. The van der Waals surface area contributed by atoms with E-state index in [1.54, 1.807) is 4.47 Å². The van der Waals surface area contributed by atoms with Gasteiger partial charge < -0.3 is 0 Å². The Hall–Kier alpha value is 0.429. The summed E-state index contributed by atoms with van der Waals surface area (Å²) in [6.45, 7) is 7.04. The molecule has 0 N–H and O–H groups in total. The summed E-state index contributed by atoms with van der Waals surface area (Å²) in [7, 11) is 0. The number of hydrogen-bond donors (Lipinski definition) is 0. The van der Waals surface area contributed by atoms with Crippen molar-refractivity contribution in [3.05, 3.63) is 22.7 Å². The smallest absolute Gasteiger partial charge is 0.153 e. The van der Waals surface area contributed by atoms with Crippen molar-refractivity contribution in [1.82, 2.24) is 0 Å². The first-order chi connectivity index (χ1) is 5.79. The number of allylic oxidation sites excluding steroid dienone is 4. The van der Waals surface area contributed by atoms with E-state index in [0.717, 1.165) is 0 Å². The molecule has 0 aromatic heterocycles. The molecule has 1 unspecified atom stereocenters. The maximum Gasteiger partial charge on any atom is -0.153 e. The van der Waals surface area contributed by atoms with Gasteiger partial charge in [-0.2, -0.15) is 9.90 Å². The third kappa shape index (κ3) is 2.69. The number of rotatable bonds is 4. The summed E-state index contributed by atoms with van der Waals surface area (Å²) in [4.78, 5) is 0. The standard InChI is InChI=1S/C5H5.3C2H5.Cu.H3P/c1-2-4-5-3-1;3*1-2;;/h1-3H,4H2;3*1H2,2H3;;1H3. The van der Waals surface area contributed by atoms with Gasteiger partial charge in [0, 0.05) is 0 Å². The van der Waals surface area contributed by atoms with Crippen LogP contribution in [0, 0.1) is 0 Å². The van der Waals surface area contributed by atoms with E-state index in [4.69, 9.17) is 0 Å². The van der Waals surface area contributed by atoms with Crippen LogP contribution in [0.5, 0.6) is 0 Å². The Morgan fingerprint density at radius 2 is 1.69 bits per heavy atom. The Labute approximate surface area is 88.7 Å². The normalized spacial score (nSPS) is 16.7. The van der Waals surface area contributed by atoms with Gasteiger partial charge in [0.05, 0.1) is 0 Å². The van der Waals surface area contributed by atoms with Crippen molar-refractivity contribution >= 4 is 9.90 Å². The van der Waals surface area contributed by atoms with E-state index in [1.807, 2.05) is 0 Å². The Bertz CT molecular complexity index is 194. The first-order valence-corrected chi connectivity index (χ1v) is 7.10. The maximum atomic E-state index is 2.35. The van der Waals surface area contributed by atoms with E-state index in [9.17, 15) is 0 Å². The molecule has 1 aliphatic carbocycles. The van der Waals surface area contributed by atoms with Crippen LogP contribution in [0.2, 0.25) is 16.0 Å². The van der Waals surface area contributed by atoms with Crippen LogP contribution in [0.15, 0.2) is 22.7 Å². The first kappa shape index (κ1) is 13.4. The molecule has 0 spiro atoms. The molecule has 83 valence electrons. The molecule has 0 saturated heterocycles. The molecular weight excluding hydrogens is 227 g/mol. The van der Waals surface area contributed by atoms with Crippen LogP contribution in [0.3, 0.4) is 0 Å². The number of hydrogen-bond acceptors (Lipinski definition) is 0. The average Bonchev–Trinajstić information content (AvgIpc) is 2.62. The van der Waals surface area contributed by atoms with E-state index in [0.29, 0.717) is 0 Å². The van der Waals surface area contributed by atoms with Crippen LogP contribution >= 0.6 is 9.90 Å². The van der Waals surface area contributed by atoms with Gasteiger partial charge in [-0.15, -0.1) is 0 Å². The van der Waals surface area contributed by atoms with Crippen LogP contribution in [-0.2, 0) is 12.8 Å². The van der Waals surface area contributed by atoms with Gasteiger partial charge in [0.15, 0.2) is 0 Å². The molecule has 0 aliphatic heterocycles. The van der Waals surface area contributed by atoms with Crippen molar-refractivity contribution in [3.8, 4) is 0 Å². The van der Waals surface area contributed by atoms with Crippen molar-refractivity contribution in [2.24, 2.45) is 0 Å². The molecule has 13 heavy (non-hydrogen) atoms. The van der Waals surface area contributed by atoms with Crippen molar-refractivity contribution in [3.63, 3.8) is 0 Å². The summed E-state index contributed by atoms with van der Waals surface area (Å²) in [6, 6.07) is 0. The largest absolute Gasteiger partial charge is 0.153 e. The van der Waals surface area contributed by atoms with Crippen LogP contribution in [0.25, 0.3) is 0 Å². The third-order valence-corrected chi connectivity index (χ3v) is 7.79. The van der Waals surface area contributed by atoms with Gasteiger partial charge >= 0.3 is 78.7 Å². The molecule has 0 nitrogen and oxygen atoms in total. The maximum absolute atomic E-state index is 2.35. The van der Waals surface area contributed by atoms with E-state index < -0.39 is 0 Å². The first-order valence-electron chi connectivity index (χ1n) is 4.63. The minimum absolute atomic E-state index is 0. The minimum atomic E-state index is -0.334. The molecule has 0 fully saturated rings. The predicted molar refractivity (Wildman–Crippen MR) is 64.4 cm³/mol. The molecule has 1 aliphatic rings. The molecule has 0 bridgehead atoms. The fourth-order valence-corrected chi connectivity index (χ4v) is 5.14. The Kier molecular flexibility index (Phi) is 6.21. The van der Waals surface area contributed by atoms with Crippen LogP contribution in [0.1, 0.15) is 27.2 Å². The molecule has 0 aromatic carbocycles. The van der Waals surface area contributed by atoms with Crippen LogP contribution in [0.4, 0.5) is 0 Å². The van der Waals surface area contributed by atoms with Crippen LogP contribution in [-0.4, -0.2) is 0 Å². The van der Waals surface area contributed by atoms with Crippen LogP contribution < -0.4 is 0 Å². The zero-order valence-corrected chi connectivity index (χ0v) is 11.4. The zero-order valence-electron chi connectivity index (χ0n) is 9.07. The van der Waals surface area contributed by atoms with E-state index in [-0.39, 0.29) is 22.7 Å². The van der Waals surface area contributed by atoms with Crippen molar-refractivity contribution in [2.75, 3.05) is 0 Å². The quantitative estimate of drug-likeness (QED) is 0.513. The second kappa shape index (κ2) is 6.02. The molecular formula is C11H23CuP. The van der Waals surface area contributed by atoms with E-state index in [2.05, 4.69) is 39.0 Å². The average molecular weight is 250 g/mol. The summed E-state index contributed by atoms with van der Waals surface area (Å²) in [6.07, 6.45) is 8.08. The Morgan fingerprint density at radius 1 is 1.15 bits per heavy atom. The van der Waals surface area contributed by atoms with Crippen molar-refractivity contribution in [2.45, 2.75) is 43.1 Å². The van der Waals surface area contributed by atoms with E-state index in [1.165, 1.54) is 22.4 Å². The van der Waals surface area contributed by atoms with Gasteiger partial charge in [0.2, 0.25) is 0 Å². The monoisotopic (exact) mass is 249 g/mol. The Morgan fingerprint density at radius 3 is 2.00 bits per heavy atom. The SMILES string of the molecule is C[CH2][Cu]([CH2]C)([CH2]C)[C]1=CC=CC1.P. The fraction of sp³-hybridized carbons (Fsp3) is 0.636. The summed E-state index contributed by atoms with van der Waals surface area (Å²) in [5.41, 5.74) is 0. The third-order valence-electron chi connectivity index (χ3n) is 2.33. The van der Waals surface area contributed by atoms with Gasteiger partial charge in [-0.1, -0.05) is 0 Å². The summed E-state index contributed by atoms with van der Waals surface area (Å²) in [5.74, 6) is 0. The molecule has 1 atom stereocenters. The van der Waals surface area contributed by atoms with Gasteiger partial charge in [0.1, 0.15) is 0 Å². The molecule has 0 amide bonds. The summed E-state index contributed by atoms with van der Waals surface area (Å²) < 4.78 is 1.73. The molecule has 0 aromatic rings. The second-order valence-electron chi connectivity index (χ2n) is 2.61. The predicted octanol–water partition coefficient (Wildman–Crippen LogP) is 4.36. The summed E-state index contributed by atoms with van der Waals surface area (Å²) in [5, 5.41) is 4.09. The van der Waals surface area contributed by atoms with E-state index >= 15 is 0 Å². The van der Waals surface area contributed by atoms with Crippen molar-refractivity contribution < 1.29 is 12.8 Å². The van der Waals surface area contributed by atoms with Crippen molar-refractivity contribution in [1.29, 1.82) is 0 Å². The van der Waals surface area contributed by atoms with Gasteiger partial charge in [-0.25, -0.2) is 0 Å². The summed E-state index contributed by atoms with van der Waals surface area (Å²) >= 11 is -0.334. The topological polar surface area (TPSA) is 0 Å². The van der Waals surface area contributed by atoms with Gasteiger partial charge in [0.25, 0.3) is 0 Å². The second-order valence-corrected chi connectivity index (χ2v) is 7.62.